The standard InChI is InChI=1S/C13H15FN2O/c1-4-13(3,8-15)12(17)16-11-7-9(2)5-6-10(11)14/h5-7H,4H2,1-3H3,(H,16,17). The van der Waals surface area contributed by atoms with E-state index in [2.05, 4.69) is 5.32 Å². The van der Waals surface area contributed by atoms with Gasteiger partial charge in [0, 0.05) is 0 Å². The van der Waals surface area contributed by atoms with Gasteiger partial charge in [0.05, 0.1) is 11.8 Å². The summed E-state index contributed by atoms with van der Waals surface area (Å²) < 4.78 is 13.4. The van der Waals surface area contributed by atoms with Gasteiger partial charge in [0.25, 0.3) is 0 Å². The molecule has 0 aliphatic carbocycles. The van der Waals surface area contributed by atoms with Gasteiger partial charge in [0.2, 0.25) is 5.91 Å². The van der Waals surface area contributed by atoms with Gasteiger partial charge in [-0.2, -0.15) is 5.26 Å². The van der Waals surface area contributed by atoms with Crippen LogP contribution in [-0.4, -0.2) is 5.91 Å². The monoisotopic (exact) mass is 234 g/mol. The van der Waals surface area contributed by atoms with Crippen LogP contribution in [0, 0.1) is 29.5 Å². The Morgan fingerprint density at radius 3 is 2.76 bits per heavy atom. The molecule has 0 aliphatic rings. The number of carbonyl (C=O) groups is 1. The number of benzene rings is 1. The predicted molar refractivity (Wildman–Crippen MR) is 63.8 cm³/mol. The summed E-state index contributed by atoms with van der Waals surface area (Å²) in [6.07, 6.45) is 0.378. The highest BCUT2D eigenvalue weighted by Gasteiger charge is 2.31. The van der Waals surface area contributed by atoms with Crippen LogP contribution in [0.4, 0.5) is 10.1 Å². The summed E-state index contributed by atoms with van der Waals surface area (Å²) in [5, 5.41) is 11.4. The normalized spacial score (nSPS) is 13.6. The Hall–Kier alpha value is -1.89. The van der Waals surface area contributed by atoms with Gasteiger partial charge >= 0.3 is 0 Å². The van der Waals surface area contributed by atoms with Crippen molar-refractivity contribution in [1.82, 2.24) is 0 Å². The van der Waals surface area contributed by atoms with E-state index in [1.165, 1.54) is 13.0 Å². The summed E-state index contributed by atoms with van der Waals surface area (Å²) in [5.41, 5.74) is -0.169. The van der Waals surface area contributed by atoms with Gasteiger partial charge in [-0.3, -0.25) is 4.79 Å². The molecule has 1 atom stereocenters. The van der Waals surface area contributed by atoms with Crippen molar-refractivity contribution in [3.05, 3.63) is 29.6 Å². The third-order valence-corrected chi connectivity index (χ3v) is 2.83. The molecule has 1 aromatic rings. The summed E-state index contributed by atoms with van der Waals surface area (Å²) in [6, 6.07) is 6.40. The summed E-state index contributed by atoms with van der Waals surface area (Å²) >= 11 is 0. The highest BCUT2D eigenvalue weighted by Crippen LogP contribution is 2.24. The van der Waals surface area contributed by atoms with Crippen LogP contribution in [-0.2, 0) is 4.79 Å². The van der Waals surface area contributed by atoms with Crippen molar-refractivity contribution in [2.45, 2.75) is 27.2 Å². The number of rotatable bonds is 3. The summed E-state index contributed by atoms with van der Waals surface area (Å²) in [5.74, 6) is -0.979. The lowest BCUT2D eigenvalue weighted by molar-refractivity contribution is -0.122. The highest BCUT2D eigenvalue weighted by atomic mass is 19.1. The van der Waals surface area contributed by atoms with Crippen LogP contribution < -0.4 is 5.32 Å². The van der Waals surface area contributed by atoms with Crippen LogP contribution in [0.15, 0.2) is 18.2 Å². The van der Waals surface area contributed by atoms with Gasteiger partial charge in [-0.15, -0.1) is 0 Å². The van der Waals surface area contributed by atoms with E-state index in [0.717, 1.165) is 5.56 Å². The number of halogens is 1. The Balaban J connectivity index is 2.96. The molecule has 0 saturated heterocycles. The van der Waals surface area contributed by atoms with Gasteiger partial charge in [-0.1, -0.05) is 13.0 Å². The van der Waals surface area contributed by atoms with Gasteiger partial charge in [-0.05, 0) is 38.0 Å². The number of carbonyl (C=O) groups excluding carboxylic acids is 1. The Morgan fingerprint density at radius 2 is 2.24 bits per heavy atom. The van der Waals surface area contributed by atoms with E-state index in [-0.39, 0.29) is 5.69 Å². The van der Waals surface area contributed by atoms with E-state index in [1.807, 2.05) is 6.07 Å². The first kappa shape index (κ1) is 13.2. The number of hydrogen-bond donors (Lipinski definition) is 1. The molecular weight excluding hydrogens is 219 g/mol. The fraction of sp³-hybridized carbons (Fsp3) is 0.385. The van der Waals surface area contributed by atoms with E-state index in [9.17, 15) is 9.18 Å². The van der Waals surface area contributed by atoms with Crippen molar-refractivity contribution >= 4 is 11.6 Å². The van der Waals surface area contributed by atoms with Crippen LogP contribution in [0.3, 0.4) is 0 Å². The van der Waals surface area contributed by atoms with Crippen molar-refractivity contribution in [2.24, 2.45) is 5.41 Å². The maximum absolute atomic E-state index is 13.4. The number of anilines is 1. The minimum Gasteiger partial charge on any atom is -0.322 e. The maximum atomic E-state index is 13.4. The highest BCUT2D eigenvalue weighted by molar-refractivity contribution is 5.97. The van der Waals surface area contributed by atoms with E-state index >= 15 is 0 Å². The zero-order chi connectivity index (χ0) is 13.1. The minimum absolute atomic E-state index is 0.116. The summed E-state index contributed by atoms with van der Waals surface area (Å²) in [7, 11) is 0. The zero-order valence-corrected chi connectivity index (χ0v) is 10.2. The van der Waals surface area contributed by atoms with Gasteiger partial charge in [0.15, 0.2) is 0 Å². The second-order valence-corrected chi connectivity index (χ2v) is 4.23. The Bertz CT molecular complexity index is 479. The van der Waals surface area contributed by atoms with Crippen LogP contribution >= 0.6 is 0 Å². The molecular formula is C13H15FN2O. The molecule has 3 nitrogen and oxygen atoms in total. The molecule has 1 unspecified atom stereocenters. The average molecular weight is 234 g/mol. The van der Waals surface area contributed by atoms with E-state index in [1.54, 1.807) is 26.0 Å². The molecule has 4 heteroatoms. The largest absolute Gasteiger partial charge is 0.322 e. The lowest BCUT2D eigenvalue weighted by Crippen LogP contribution is -2.31. The second kappa shape index (κ2) is 4.96. The van der Waals surface area contributed by atoms with Crippen molar-refractivity contribution in [1.29, 1.82) is 5.26 Å². The molecule has 90 valence electrons. The average Bonchev–Trinajstić information content (AvgIpc) is 2.32. The minimum atomic E-state index is -1.13. The predicted octanol–water partition coefficient (Wildman–Crippen LogP) is 3.01. The van der Waals surface area contributed by atoms with Crippen LogP contribution in [0.1, 0.15) is 25.8 Å². The number of nitriles is 1. The topological polar surface area (TPSA) is 52.9 Å². The molecule has 0 aliphatic heterocycles. The maximum Gasteiger partial charge on any atom is 0.244 e. The fourth-order valence-corrected chi connectivity index (χ4v) is 1.29. The molecule has 1 N–H and O–H groups in total. The molecule has 0 heterocycles. The van der Waals surface area contributed by atoms with Crippen LogP contribution in [0.2, 0.25) is 0 Å². The zero-order valence-electron chi connectivity index (χ0n) is 10.2. The molecule has 1 amide bonds. The Kier molecular flexibility index (Phi) is 3.84. The summed E-state index contributed by atoms with van der Waals surface area (Å²) in [4.78, 5) is 11.9. The van der Waals surface area contributed by atoms with Crippen molar-refractivity contribution in [2.75, 3.05) is 5.32 Å². The molecule has 1 rings (SSSR count). The smallest absolute Gasteiger partial charge is 0.244 e. The lowest BCUT2D eigenvalue weighted by Gasteiger charge is -2.18. The Labute approximate surface area is 100 Å². The molecule has 0 radical (unpaired) electrons. The molecule has 0 spiro atoms. The van der Waals surface area contributed by atoms with Gasteiger partial charge in [-0.25, -0.2) is 4.39 Å². The quantitative estimate of drug-likeness (QED) is 0.874. The third-order valence-electron chi connectivity index (χ3n) is 2.83. The first-order valence-corrected chi connectivity index (χ1v) is 5.42. The molecule has 0 fully saturated rings. The van der Waals surface area contributed by atoms with E-state index in [4.69, 9.17) is 5.26 Å². The molecule has 0 aromatic heterocycles. The summed E-state index contributed by atoms with van der Waals surface area (Å²) in [6.45, 7) is 5.09. The Morgan fingerprint density at radius 1 is 1.59 bits per heavy atom. The fourth-order valence-electron chi connectivity index (χ4n) is 1.29. The number of nitrogens with zero attached hydrogens (tertiary/aromatic N) is 1. The molecule has 17 heavy (non-hydrogen) atoms. The first-order valence-electron chi connectivity index (χ1n) is 5.42. The molecule has 0 bridgehead atoms. The number of hydrogen-bond acceptors (Lipinski definition) is 2. The number of nitrogens with one attached hydrogen (secondary N) is 1. The van der Waals surface area contributed by atoms with Crippen molar-refractivity contribution in [3.8, 4) is 6.07 Å². The van der Waals surface area contributed by atoms with Gasteiger partial charge in [0.1, 0.15) is 11.2 Å². The number of amides is 1. The number of aryl methyl sites for hydroxylation is 1. The molecule has 0 saturated carbocycles. The van der Waals surface area contributed by atoms with Gasteiger partial charge < -0.3 is 5.32 Å². The SMILES string of the molecule is CCC(C)(C#N)C(=O)Nc1cc(C)ccc1F. The van der Waals surface area contributed by atoms with E-state index in [0.29, 0.717) is 6.42 Å². The van der Waals surface area contributed by atoms with Crippen molar-refractivity contribution in [3.63, 3.8) is 0 Å². The van der Waals surface area contributed by atoms with Crippen molar-refractivity contribution < 1.29 is 9.18 Å². The van der Waals surface area contributed by atoms with E-state index < -0.39 is 17.1 Å². The van der Waals surface area contributed by atoms with Crippen LogP contribution in [0.25, 0.3) is 0 Å². The molecule has 1 aromatic carbocycles. The lowest BCUT2D eigenvalue weighted by atomic mass is 9.88. The first-order chi connectivity index (χ1) is 7.92. The second-order valence-electron chi connectivity index (χ2n) is 4.23. The van der Waals surface area contributed by atoms with Crippen LogP contribution in [0.5, 0.6) is 0 Å². The third kappa shape index (κ3) is 2.82.